The van der Waals surface area contributed by atoms with Crippen LogP contribution >= 0.6 is 0 Å². The van der Waals surface area contributed by atoms with Crippen molar-refractivity contribution >= 4 is 23.2 Å². The van der Waals surface area contributed by atoms with E-state index in [4.69, 9.17) is 0 Å². The first-order chi connectivity index (χ1) is 9.61. The maximum atomic E-state index is 12.1. The molecule has 3 heteroatoms. The van der Waals surface area contributed by atoms with Crippen LogP contribution in [0.2, 0.25) is 0 Å². The van der Waals surface area contributed by atoms with E-state index in [1.54, 1.807) is 0 Å². The number of aromatic amines is 1. The summed E-state index contributed by atoms with van der Waals surface area (Å²) >= 11 is 0. The Hall–Kier alpha value is -2.29. The van der Waals surface area contributed by atoms with Gasteiger partial charge < -0.3 is 10.3 Å². The lowest BCUT2D eigenvalue weighted by Crippen LogP contribution is -2.03. The van der Waals surface area contributed by atoms with Crippen LogP contribution in [0.4, 0.5) is 5.69 Å². The van der Waals surface area contributed by atoms with Crippen molar-refractivity contribution in [3.8, 4) is 0 Å². The molecule has 0 atom stereocenters. The molecule has 0 fully saturated rings. The maximum absolute atomic E-state index is 12.1. The molecule has 1 aromatic heterocycles. The number of para-hydroxylation sites is 1. The Morgan fingerprint density at radius 3 is 2.70 bits per heavy atom. The van der Waals surface area contributed by atoms with Gasteiger partial charge in [0.05, 0.1) is 5.57 Å². The zero-order chi connectivity index (χ0) is 14.3. The fourth-order valence-electron chi connectivity index (χ4n) is 2.80. The summed E-state index contributed by atoms with van der Waals surface area (Å²) in [6.45, 7) is 6.33. The summed E-state index contributed by atoms with van der Waals surface area (Å²) in [7, 11) is 0. The van der Waals surface area contributed by atoms with Gasteiger partial charge in [-0.2, -0.15) is 0 Å². The lowest BCUT2D eigenvalue weighted by molar-refractivity contribution is -0.110. The molecule has 0 unspecified atom stereocenters. The number of benzene rings is 1. The molecule has 0 aliphatic carbocycles. The first-order valence-electron chi connectivity index (χ1n) is 6.92. The number of hydrogen-bond acceptors (Lipinski definition) is 1. The number of rotatable bonds is 2. The van der Waals surface area contributed by atoms with E-state index in [1.807, 2.05) is 30.3 Å². The summed E-state index contributed by atoms with van der Waals surface area (Å²) in [5.41, 5.74) is 7.38. The van der Waals surface area contributed by atoms with E-state index in [9.17, 15) is 4.79 Å². The number of nitrogens with one attached hydrogen (secondary N) is 2. The molecule has 0 bridgehead atoms. The summed E-state index contributed by atoms with van der Waals surface area (Å²) < 4.78 is 0. The molecule has 0 radical (unpaired) electrons. The molecule has 2 aromatic rings. The zero-order valence-electron chi connectivity index (χ0n) is 12.0. The van der Waals surface area contributed by atoms with Crippen LogP contribution in [0.25, 0.3) is 11.6 Å². The summed E-state index contributed by atoms with van der Waals surface area (Å²) in [5.74, 6) is -0.0295. The highest BCUT2D eigenvalue weighted by Crippen LogP contribution is 2.33. The van der Waals surface area contributed by atoms with Crippen molar-refractivity contribution in [2.45, 2.75) is 27.2 Å². The van der Waals surface area contributed by atoms with Crippen LogP contribution in [0.3, 0.4) is 0 Å². The SMILES string of the molecule is CCc1c(/C=C2\C(=O)Nc3ccccc32)[nH]c(C)c1C. The molecule has 0 saturated heterocycles. The van der Waals surface area contributed by atoms with Crippen molar-refractivity contribution in [3.63, 3.8) is 0 Å². The van der Waals surface area contributed by atoms with Gasteiger partial charge in [0, 0.05) is 22.6 Å². The normalized spacial score (nSPS) is 15.6. The van der Waals surface area contributed by atoms with Gasteiger partial charge in [-0.05, 0) is 43.5 Å². The third-order valence-corrected chi connectivity index (χ3v) is 4.01. The number of carbonyl (C=O) groups is 1. The van der Waals surface area contributed by atoms with Gasteiger partial charge in [0.25, 0.3) is 5.91 Å². The van der Waals surface area contributed by atoms with Crippen LogP contribution in [0, 0.1) is 13.8 Å². The molecule has 1 aromatic carbocycles. The number of anilines is 1. The second-order valence-electron chi connectivity index (χ2n) is 5.18. The van der Waals surface area contributed by atoms with E-state index in [0.29, 0.717) is 0 Å². The first-order valence-corrected chi connectivity index (χ1v) is 6.92. The highest BCUT2D eigenvalue weighted by molar-refractivity contribution is 6.34. The molecule has 0 spiro atoms. The fraction of sp³-hybridized carbons (Fsp3) is 0.235. The van der Waals surface area contributed by atoms with E-state index >= 15 is 0 Å². The number of fused-ring (bicyclic) bond motifs is 1. The Bertz CT molecular complexity index is 723. The second-order valence-corrected chi connectivity index (χ2v) is 5.18. The van der Waals surface area contributed by atoms with Crippen molar-refractivity contribution in [1.29, 1.82) is 0 Å². The Morgan fingerprint density at radius 2 is 1.95 bits per heavy atom. The Morgan fingerprint density at radius 1 is 1.20 bits per heavy atom. The van der Waals surface area contributed by atoms with Crippen molar-refractivity contribution in [2.24, 2.45) is 0 Å². The smallest absolute Gasteiger partial charge is 0.256 e. The number of aryl methyl sites for hydroxylation is 1. The third-order valence-electron chi connectivity index (χ3n) is 4.01. The van der Waals surface area contributed by atoms with Gasteiger partial charge in [-0.15, -0.1) is 0 Å². The maximum Gasteiger partial charge on any atom is 0.256 e. The van der Waals surface area contributed by atoms with Crippen molar-refractivity contribution in [1.82, 2.24) is 4.98 Å². The predicted molar refractivity (Wildman–Crippen MR) is 82.6 cm³/mol. The largest absolute Gasteiger partial charge is 0.359 e. The molecule has 1 aliphatic heterocycles. The summed E-state index contributed by atoms with van der Waals surface area (Å²) in [5, 5.41) is 2.91. The molecule has 2 heterocycles. The molecule has 3 rings (SSSR count). The lowest BCUT2D eigenvalue weighted by Gasteiger charge is -2.00. The number of H-pyrrole nitrogens is 1. The van der Waals surface area contributed by atoms with Crippen LogP contribution in [0.15, 0.2) is 24.3 Å². The fourth-order valence-corrected chi connectivity index (χ4v) is 2.80. The van der Waals surface area contributed by atoms with E-state index < -0.39 is 0 Å². The molecule has 3 nitrogen and oxygen atoms in total. The average Bonchev–Trinajstić information content (AvgIpc) is 2.89. The van der Waals surface area contributed by atoms with E-state index in [1.165, 1.54) is 16.8 Å². The van der Waals surface area contributed by atoms with Gasteiger partial charge in [0.1, 0.15) is 0 Å². The molecule has 1 amide bonds. The number of aromatic nitrogens is 1. The molecule has 1 aliphatic rings. The molecule has 0 saturated carbocycles. The lowest BCUT2D eigenvalue weighted by atomic mass is 10.0. The van der Waals surface area contributed by atoms with Crippen LogP contribution in [-0.4, -0.2) is 10.9 Å². The van der Waals surface area contributed by atoms with Crippen LogP contribution in [-0.2, 0) is 11.2 Å². The Labute approximate surface area is 118 Å². The Kier molecular flexibility index (Phi) is 2.97. The quantitative estimate of drug-likeness (QED) is 0.800. The topological polar surface area (TPSA) is 44.9 Å². The standard InChI is InChI=1S/C17H18N2O/c1-4-12-10(2)11(3)18-16(12)9-14-13-7-5-6-8-15(13)19-17(14)20/h5-9,18H,4H2,1-3H3,(H,19,20)/b14-9-. The van der Waals surface area contributed by atoms with E-state index in [-0.39, 0.29) is 5.91 Å². The minimum absolute atomic E-state index is 0.0295. The number of carbonyl (C=O) groups excluding carboxylic acids is 1. The average molecular weight is 266 g/mol. The van der Waals surface area contributed by atoms with Crippen molar-refractivity contribution in [3.05, 3.63) is 52.3 Å². The van der Waals surface area contributed by atoms with Gasteiger partial charge in [0.15, 0.2) is 0 Å². The Balaban J connectivity index is 2.14. The first kappa shape index (κ1) is 12.7. The van der Waals surface area contributed by atoms with Crippen LogP contribution in [0.5, 0.6) is 0 Å². The van der Waals surface area contributed by atoms with Gasteiger partial charge in [-0.1, -0.05) is 25.1 Å². The third kappa shape index (κ3) is 1.86. The highest BCUT2D eigenvalue weighted by atomic mass is 16.2. The van der Waals surface area contributed by atoms with E-state index in [0.717, 1.165) is 28.9 Å². The van der Waals surface area contributed by atoms with Gasteiger partial charge in [-0.3, -0.25) is 4.79 Å². The second kappa shape index (κ2) is 4.67. The van der Waals surface area contributed by atoms with Crippen molar-refractivity contribution in [2.75, 3.05) is 5.32 Å². The summed E-state index contributed by atoms with van der Waals surface area (Å²) in [4.78, 5) is 15.5. The van der Waals surface area contributed by atoms with Crippen LogP contribution < -0.4 is 5.32 Å². The summed E-state index contributed by atoms with van der Waals surface area (Å²) in [6.07, 6.45) is 2.93. The molecule has 2 N–H and O–H groups in total. The van der Waals surface area contributed by atoms with Gasteiger partial charge in [-0.25, -0.2) is 0 Å². The number of hydrogen-bond donors (Lipinski definition) is 2. The van der Waals surface area contributed by atoms with Gasteiger partial charge in [0.2, 0.25) is 0 Å². The number of amides is 1. The van der Waals surface area contributed by atoms with Crippen LogP contribution in [0.1, 0.15) is 35.0 Å². The minimum atomic E-state index is -0.0295. The predicted octanol–water partition coefficient (Wildman–Crippen LogP) is 3.69. The van der Waals surface area contributed by atoms with Crippen molar-refractivity contribution < 1.29 is 4.79 Å². The van der Waals surface area contributed by atoms with Gasteiger partial charge >= 0.3 is 0 Å². The molecular formula is C17H18N2O. The zero-order valence-corrected chi connectivity index (χ0v) is 12.0. The van der Waals surface area contributed by atoms with E-state index in [2.05, 4.69) is 31.1 Å². The molecule has 102 valence electrons. The monoisotopic (exact) mass is 266 g/mol. The molecule has 20 heavy (non-hydrogen) atoms. The summed E-state index contributed by atoms with van der Waals surface area (Å²) in [6, 6.07) is 7.80. The highest BCUT2D eigenvalue weighted by Gasteiger charge is 2.24. The minimum Gasteiger partial charge on any atom is -0.359 e. The molecular weight excluding hydrogens is 248 g/mol.